The monoisotopic (exact) mass is 331 g/mol. The zero-order valence-electron chi connectivity index (χ0n) is 13.0. The van der Waals surface area contributed by atoms with Gasteiger partial charge < -0.3 is 19.4 Å². The van der Waals surface area contributed by atoms with Gasteiger partial charge >= 0.3 is 0 Å². The van der Waals surface area contributed by atoms with E-state index in [0.29, 0.717) is 18.2 Å². The molecule has 5 nitrogen and oxygen atoms in total. The van der Waals surface area contributed by atoms with Gasteiger partial charge in [0, 0.05) is 19.3 Å². The van der Waals surface area contributed by atoms with Crippen molar-refractivity contribution in [2.24, 2.45) is 0 Å². The highest BCUT2D eigenvalue weighted by molar-refractivity contribution is 7.80. The Morgan fingerprint density at radius 1 is 1.35 bits per heavy atom. The Morgan fingerprint density at radius 3 is 3.00 bits per heavy atom. The first-order valence-corrected chi connectivity index (χ1v) is 8.29. The molecule has 3 rings (SSSR count). The number of hydrogen-bond acceptors (Lipinski definition) is 4. The van der Waals surface area contributed by atoms with Gasteiger partial charge in [-0.05, 0) is 49.3 Å². The minimum absolute atomic E-state index is 0.238. The summed E-state index contributed by atoms with van der Waals surface area (Å²) in [4.78, 5) is 6.52. The van der Waals surface area contributed by atoms with Crippen LogP contribution in [0.1, 0.15) is 24.3 Å². The summed E-state index contributed by atoms with van der Waals surface area (Å²) in [7, 11) is 0. The highest BCUT2D eigenvalue weighted by atomic mass is 32.1. The van der Waals surface area contributed by atoms with Gasteiger partial charge in [0.25, 0.3) is 0 Å². The average Bonchev–Trinajstić information content (AvgIpc) is 3.26. The molecule has 1 atom stereocenters. The van der Waals surface area contributed by atoms with Gasteiger partial charge in [-0.1, -0.05) is 6.07 Å². The fourth-order valence-electron chi connectivity index (χ4n) is 2.63. The third kappa shape index (κ3) is 4.77. The van der Waals surface area contributed by atoms with E-state index in [-0.39, 0.29) is 6.10 Å². The largest absolute Gasteiger partial charge is 0.467 e. The van der Waals surface area contributed by atoms with Crippen LogP contribution in [0.25, 0.3) is 0 Å². The van der Waals surface area contributed by atoms with Crippen LogP contribution in [0, 0.1) is 0 Å². The molecule has 1 fully saturated rings. The van der Waals surface area contributed by atoms with Crippen LogP contribution < -0.4 is 5.32 Å². The molecule has 2 aromatic rings. The predicted octanol–water partition coefficient (Wildman–Crippen LogP) is 2.73. The smallest absolute Gasteiger partial charge is 0.169 e. The maximum Gasteiger partial charge on any atom is 0.169 e. The summed E-state index contributed by atoms with van der Waals surface area (Å²) in [5.74, 6) is 0.863. The van der Waals surface area contributed by atoms with E-state index < -0.39 is 0 Å². The van der Waals surface area contributed by atoms with Gasteiger partial charge in [-0.25, -0.2) is 0 Å². The van der Waals surface area contributed by atoms with Crippen molar-refractivity contribution in [3.05, 3.63) is 54.2 Å². The van der Waals surface area contributed by atoms with Gasteiger partial charge in [0.1, 0.15) is 5.76 Å². The highest BCUT2D eigenvalue weighted by Gasteiger charge is 2.21. The van der Waals surface area contributed by atoms with Crippen molar-refractivity contribution in [1.29, 1.82) is 0 Å². The zero-order chi connectivity index (χ0) is 15.9. The van der Waals surface area contributed by atoms with Crippen molar-refractivity contribution >= 4 is 17.3 Å². The number of thiocarbonyl (C=S) groups is 1. The van der Waals surface area contributed by atoms with Crippen molar-refractivity contribution in [2.75, 3.05) is 13.2 Å². The second-order valence-electron chi connectivity index (χ2n) is 5.57. The molecule has 0 radical (unpaired) electrons. The fourth-order valence-corrected chi connectivity index (χ4v) is 2.84. The number of aromatic nitrogens is 1. The summed E-state index contributed by atoms with van der Waals surface area (Å²) < 4.78 is 11.1. The Balaban J connectivity index is 1.61. The molecule has 1 aliphatic heterocycles. The van der Waals surface area contributed by atoms with Crippen LogP contribution in [-0.4, -0.2) is 34.3 Å². The van der Waals surface area contributed by atoms with E-state index in [0.717, 1.165) is 37.4 Å². The van der Waals surface area contributed by atoms with Crippen LogP contribution in [0.3, 0.4) is 0 Å². The van der Waals surface area contributed by atoms with Crippen molar-refractivity contribution < 1.29 is 9.15 Å². The lowest BCUT2D eigenvalue weighted by atomic mass is 10.2. The summed E-state index contributed by atoms with van der Waals surface area (Å²) in [6.45, 7) is 2.87. The number of nitrogens with zero attached hydrogens (tertiary/aromatic N) is 2. The highest BCUT2D eigenvalue weighted by Crippen LogP contribution is 2.15. The molecule has 1 aliphatic rings. The quantitative estimate of drug-likeness (QED) is 0.822. The second-order valence-corrected chi connectivity index (χ2v) is 5.96. The molecule has 6 heteroatoms. The van der Waals surface area contributed by atoms with Crippen molar-refractivity contribution in [1.82, 2.24) is 15.2 Å². The number of ether oxygens (including phenoxy) is 1. The van der Waals surface area contributed by atoms with Crippen molar-refractivity contribution in [3.8, 4) is 0 Å². The minimum Gasteiger partial charge on any atom is -0.467 e. The van der Waals surface area contributed by atoms with E-state index in [2.05, 4.69) is 15.2 Å². The molecule has 0 saturated carbocycles. The van der Waals surface area contributed by atoms with Gasteiger partial charge in [-0.15, -0.1) is 0 Å². The molecular formula is C17H21N3O2S. The van der Waals surface area contributed by atoms with Gasteiger partial charge in [-0.3, -0.25) is 4.98 Å². The first-order valence-electron chi connectivity index (χ1n) is 7.88. The number of hydrogen-bond donors (Lipinski definition) is 1. The lowest BCUT2D eigenvalue weighted by Gasteiger charge is -2.27. The van der Waals surface area contributed by atoms with Gasteiger partial charge in [0.05, 0.1) is 31.2 Å². The van der Waals surface area contributed by atoms with E-state index in [4.69, 9.17) is 21.4 Å². The number of furan rings is 1. The summed E-state index contributed by atoms with van der Waals surface area (Å²) >= 11 is 5.57. The van der Waals surface area contributed by atoms with E-state index in [1.807, 2.05) is 30.3 Å². The molecule has 0 aromatic carbocycles. The third-order valence-corrected chi connectivity index (χ3v) is 4.21. The average molecular weight is 331 g/mol. The van der Waals surface area contributed by atoms with Crippen molar-refractivity contribution in [2.45, 2.75) is 32.0 Å². The fraction of sp³-hybridized carbons (Fsp3) is 0.412. The van der Waals surface area contributed by atoms with E-state index >= 15 is 0 Å². The lowest BCUT2D eigenvalue weighted by Crippen LogP contribution is -2.43. The molecule has 0 spiro atoms. The van der Waals surface area contributed by atoms with Crippen LogP contribution in [-0.2, 0) is 17.8 Å². The van der Waals surface area contributed by atoms with Gasteiger partial charge in [-0.2, -0.15) is 0 Å². The molecule has 1 N–H and O–H groups in total. The van der Waals surface area contributed by atoms with Crippen LogP contribution in [0.5, 0.6) is 0 Å². The van der Waals surface area contributed by atoms with Gasteiger partial charge in [0.2, 0.25) is 0 Å². The molecule has 1 saturated heterocycles. The first-order chi connectivity index (χ1) is 11.3. The standard InChI is InChI=1S/C17H21N3O2S/c23-17(19-11-15-6-3-9-21-15)20(13-16-7-4-10-22-16)12-14-5-1-2-8-18-14/h1-3,5-6,8-9,16H,4,7,10-13H2,(H,19,23). The Labute approximate surface area is 141 Å². The SMILES string of the molecule is S=C(NCc1ccco1)N(Cc1ccccn1)CC1CCCO1. The minimum atomic E-state index is 0.238. The van der Waals surface area contributed by atoms with E-state index in [1.165, 1.54) is 0 Å². The Bertz CT molecular complexity index is 598. The number of nitrogens with one attached hydrogen (secondary N) is 1. The van der Waals surface area contributed by atoms with Crippen LogP contribution >= 0.6 is 12.2 Å². The third-order valence-electron chi connectivity index (χ3n) is 3.81. The van der Waals surface area contributed by atoms with Crippen LogP contribution in [0.4, 0.5) is 0 Å². The molecule has 1 unspecified atom stereocenters. The molecule has 122 valence electrons. The molecule has 23 heavy (non-hydrogen) atoms. The summed E-state index contributed by atoms with van der Waals surface area (Å²) in [6.07, 6.45) is 5.91. The zero-order valence-corrected chi connectivity index (χ0v) is 13.8. The molecule has 0 amide bonds. The van der Waals surface area contributed by atoms with Crippen LogP contribution in [0.2, 0.25) is 0 Å². The summed E-state index contributed by atoms with van der Waals surface area (Å²) in [5.41, 5.74) is 0.993. The normalized spacial score (nSPS) is 17.1. The maximum absolute atomic E-state index is 5.75. The Hall–Kier alpha value is -1.92. The molecule has 0 bridgehead atoms. The summed E-state index contributed by atoms with van der Waals surface area (Å²) in [5, 5.41) is 3.96. The molecule has 3 heterocycles. The summed E-state index contributed by atoms with van der Waals surface area (Å²) in [6, 6.07) is 9.72. The maximum atomic E-state index is 5.75. The second kappa shape index (κ2) is 8.08. The first kappa shape index (κ1) is 16.0. The lowest BCUT2D eigenvalue weighted by molar-refractivity contribution is 0.0895. The molecule has 0 aliphatic carbocycles. The van der Waals surface area contributed by atoms with Gasteiger partial charge in [0.15, 0.2) is 5.11 Å². The van der Waals surface area contributed by atoms with Crippen molar-refractivity contribution in [3.63, 3.8) is 0 Å². The number of rotatable bonds is 6. The Morgan fingerprint density at radius 2 is 2.30 bits per heavy atom. The van der Waals surface area contributed by atoms with E-state index in [1.54, 1.807) is 12.5 Å². The molecular weight excluding hydrogens is 310 g/mol. The van der Waals surface area contributed by atoms with E-state index in [9.17, 15) is 0 Å². The molecule has 2 aromatic heterocycles. The predicted molar refractivity (Wildman–Crippen MR) is 91.8 cm³/mol. The number of pyridine rings is 1. The van der Waals surface area contributed by atoms with Crippen LogP contribution in [0.15, 0.2) is 47.2 Å². The Kier molecular flexibility index (Phi) is 5.60. The topological polar surface area (TPSA) is 50.5 Å².